The Hall–Kier alpha value is -3.21. The van der Waals surface area contributed by atoms with Gasteiger partial charge in [0.1, 0.15) is 12.4 Å². The molecule has 0 saturated heterocycles. The van der Waals surface area contributed by atoms with Crippen LogP contribution in [0.3, 0.4) is 0 Å². The maximum Gasteiger partial charge on any atom is 0.196 e. The van der Waals surface area contributed by atoms with Gasteiger partial charge in [-0.3, -0.25) is 4.99 Å². The molecular weight excluding hydrogens is 398 g/mol. The molecule has 4 heteroatoms. The van der Waals surface area contributed by atoms with E-state index in [4.69, 9.17) is 4.74 Å². The Bertz CT molecular complexity index is 1060. The van der Waals surface area contributed by atoms with Crippen LogP contribution in [0.2, 0.25) is 0 Å². The van der Waals surface area contributed by atoms with Crippen molar-refractivity contribution in [2.24, 2.45) is 4.99 Å². The first-order chi connectivity index (χ1) is 15.2. The summed E-state index contributed by atoms with van der Waals surface area (Å²) in [4.78, 5) is 4.48. The van der Waals surface area contributed by atoms with E-state index in [1.807, 2.05) is 73.7 Å². The Morgan fingerprint density at radius 2 is 1.53 bits per heavy atom. The largest absolute Gasteiger partial charge is 0.489 e. The minimum atomic E-state index is -1.67. The first-order valence-electron chi connectivity index (χ1n) is 10.7. The number of hydrogen-bond donors (Lipinski definition) is 2. The highest BCUT2D eigenvalue weighted by molar-refractivity contribution is 5.99. The standard InChI is InChI=1S/C28H31NO3/c1-20(23-12-14-24(15-13-23)28(2,3)4)29-26(27(30)31)18-21-10-16-25(17-11-21)32-19-22-8-6-5-7-9-22/h5-18,27,30-31H,19H2,1-4H3/b26-18-,29-20+. The molecule has 0 amide bonds. The van der Waals surface area contributed by atoms with Gasteiger partial charge in [0.15, 0.2) is 6.29 Å². The van der Waals surface area contributed by atoms with Crippen molar-refractivity contribution in [3.63, 3.8) is 0 Å². The third kappa shape index (κ3) is 6.64. The van der Waals surface area contributed by atoms with E-state index in [2.05, 4.69) is 37.9 Å². The van der Waals surface area contributed by atoms with E-state index in [1.54, 1.807) is 6.08 Å². The van der Waals surface area contributed by atoms with Crippen LogP contribution in [0.5, 0.6) is 5.75 Å². The predicted molar refractivity (Wildman–Crippen MR) is 131 cm³/mol. The van der Waals surface area contributed by atoms with Gasteiger partial charge < -0.3 is 14.9 Å². The van der Waals surface area contributed by atoms with Gasteiger partial charge in [-0.2, -0.15) is 0 Å². The molecule has 0 atom stereocenters. The van der Waals surface area contributed by atoms with E-state index in [-0.39, 0.29) is 11.1 Å². The van der Waals surface area contributed by atoms with Crippen LogP contribution in [0, 0.1) is 0 Å². The lowest BCUT2D eigenvalue weighted by Crippen LogP contribution is -2.11. The molecule has 0 bridgehead atoms. The molecule has 0 saturated carbocycles. The lowest BCUT2D eigenvalue weighted by molar-refractivity contribution is -0.00769. The molecule has 3 aromatic rings. The van der Waals surface area contributed by atoms with Gasteiger partial charge in [-0.15, -0.1) is 0 Å². The van der Waals surface area contributed by atoms with Crippen molar-refractivity contribution in [1.29, 1.82) is 0 Å². The molecule has 32 heavy (non-hydrogen) atoms. The number of rotatable bonds is 7. The van der Waals surface area contributed by atoms with Crippen LogP contribution in [-0.2, 0) is 12.0 Å². The van der Waals surface area contributed by atoms with Crippen LogP contribution in [-0.4, -0.2) is 22.2 Å². The predicted octanol–water partition coefficient (Wildman–Crippen LogP) is 5.72. The van der Waals surface area contributed by atoms with Gasteiger partial charge in [0.25, 0.3) is 0 Å². The minimum absolute atomic E-state index is 0.0763. The monoisotopic (exact) mass is 429 g/mol. The van der Waals surface area contributed by atoms with Crippen molar-refractivity contribution in [3.8, 4) is 5.75 Å². The zero-order valence-corrected chi connectivity index (χ0v) is 19.1. The Kier molecular flexibility index (Phi) is 7.62. The Morgan fingerprint density at radius 1 is 0.906 bits per heavy atom. The molecule has 0 heterocycles. The van der Waals surface area contributed by atoms with Crippen molar-refractivity contribution in [3.05, 3.63) is 107 Å². The summed E-state index contributed by atoms with van der Waals surface area (Å²) >= 11 is 0. The average molecular weight is 430 g/mol. The second-order valence-corrected chi connectivity index (χ2v) is 8.81. The summed E-state index contributed by atoms with van der Waals surface area (Å²) in [5.41, 5.74) is 5.05. The quantitative estimate of drug-likeness (QED) is 0.373. The Labute approximate surface area is 190 Å². The molecule has 0 unspecified atom stereocenters. The fourth-order valence-electron chi connectivity index (χ4n) is 3.21. The summed E-state index contributed by atoms with van der Waals surface area (Å²) < 4.78 is 5.81. The molecule has 0 spiro atoms. The van der Waals surface area contributed by atoms with E-state index < -0.39 is 6.29 Å². The highest BCUT2D eigenvalue weighted by Gasteiger charge is 2.13. The van der Waals surface area contributed by atoms with E-state index in [1.165, 1.54) is 5.56 Å². The van der Waals surface area contributed by atoms with Gasteiger partial charge in [0, 0.05) is 5.71 Å². The minimum Gasteiger partial charge on any atom is -0.489 e. The van der Waals surface area contributed by atoms with Crippen molar-refractivity contribution < 1.29 is 14.9 Å². The van der Waals surface area contributed by atoms with Crippen molar-refractivity contribution in [2.75, 3.05) is 0 Å². The fourth-order valence-corrected chi connectivity index (χ4v) is 3.21. The third-order valence-electron chi connectivity index (χ3n) is 5.17. The van der Waals surface area contributed by atoms with Crippen LogP contribution in [0.4, 0.5) is 0 Å². The second kappa shape index (κ2) is 10.4. The van der Waals surface area contributed by atoms with Crippen LogP contribution < -0.4 is 4.74 Å². The lowest BCUT2D eigenvalue weighted by atomic mass is 9.86. The van der Waals surface area contributed by atoms with E-state index in [0.717, 1.165) is 22.4 Å². The summed E-state index contributed by atoms with van der Waals surface area (Å²) in [6, 6.07) is 25.6. The molecule has 0 aliphatic rings. The topological polar surface area (TPSA) is 62.0 Å². The van der Waals surface area contributed by atoms with E-state index >= 15 is 0 Å². The SMILES string of the molecule is C/C(=N\C(=C/c1ccc(OCc2ccccc2)cc1)C(O)O)c1ccc(C(C)(C)C)cc1. The summed E-state index contributed by atoms with van der Waals surface area (Å²) in [5, 5.41) is 19.7. The normalized spacial score (nSPS) is 12.8. The Balaban J connectivity index is 1.73. The lowest BCUT2D eigenvalue weighted by Gasteiger charge is -2.19. The fraction of sp³-hybridized carbons (Fsp3) is 0.250. The number of aliphatic hydroxyl groups excluding tert-OH is 1. The number of aliphatic imine (C=N–C) groups is 1. The molecule has 4 nitrogen and oxygen atoms in total. The number of ether oxygens (including phenoxy) is 1. The summed E-state index contributed by atoms with van der Waals surface area (Å²) in [7, 11) is 0. The molecular formula is C28H31NO3. The van der Waals surface area contributed by atoms with Gasteiger partial charge in [-0.05, 0) is 52.8 Å². The molecule has 0 aliphatic carbocycles. The maximum atomic E-state index is 9.84. The molecule has 0 aliphatic heterocycles. The molecule has 166 valence electrons. The van der Waals surface area contributed by atoms with Gasteiger partial charge in [0.2, 0.25) is 0 Å². The van der Waals surface area contributed by atoms with Gasteiger partial charge in [-0.25, -0.2) is 0 Å². The molecule has 2 N–H and O–H groups in total. The molecule has 3 aromatic carbocycles. The van der Waals surface area contributed by atoms with Crippen LogP contribution in [0.1, 0.15) is 49.9 Å². The molecule has 0 radical (unpaired) electrons. The highest BCUT2D eigenvalue weighted by atomic mass is 16.5. The summed E-state index contributed by atoms with van der Waals surface area (Å²) in [5.74, 6) is 0.746. The van der Waals surface area contributed by atoms with Crippen molar-refractivity contribution >= 4 is 11.8 Å². The third-order valence-corrected chi connectivity index (χ3v) is 5.17. The smallest absolute Gasteiger partial charge is 0.196 e. The van der Waals surface area contributed by atoms with Crippen LogP contribution in [0.25, 0.3) is 6.08 Å². The summed E-state index contributed by atoms with van der Waals surface area (Å²) in [6.07, 6.45) is -0.00799. The average Bonchev–Trinajstić information content (AvgIpc) is 2.78. The van der Waals surface area contributed by atoms with Gasteiger partial charge in [-0.1, -0.05) is 87.5 Å². The van der Waals surface area contributed by atoms with Gasteiger partial charge >= 0.3 is 0 Å². The van der Waals surface area contributed by atoms with Crippen LogP contribution >= 0.6 is 0 Å². The van der Waals surface area contributed by atoms with E-state index in [9.17, 15) is 10.2 Å². The molecule has 3 rings (SSSR count). The zero-order chi connectivity index (χ0) is 23.1. The number of benzene rings is 3. The summed E-state index contributed by atoms with van der Waals surface area (Å²) in [6.45, 7) is 8.87. The van der Waals surface area contributed by atoms with Gasteiger partial charge in [0.05, 0.1) is 5.70 Å². The number of aliphatic hydroxyl groups is 2. The maximum absolute atomic E-state index is 9.84. The first kappa shape index (κ1) is 23.5. The highest BCUT2D eigenvalue weighted by Crippen LogP contribution is 2.23. The van der Waals surface area contributed by atoms with Crippen molar-refractivity contribution in [2.45, 2.75) is 46.0 Å². The Morgan fingerprint density at radius 3 is 2.09 bits per heavy atom. The van der Waals surface area contributed by atoms with Crippen molar-refractivity contribution in [1.82, 2.24) is 0 Å². The van der Waals surface area contributed by atoms with Crippen LogP contribution in [0.15, 0.2) is 89.6 Å². The first-order valence-corrected chi connectivity index (χ1v) is 10.7. The second-order valence-electron chi connectivity index (χ2n) is 8.81. The number of nitrogens with zero attached hydrogens (tertiary/aromatic N) is 1. The molecule has 0 fully saturated rings. The number of hydrogen-bond acceptors (Lipinski definition) is 4. The van der Waals surface area contributed by atoms with E-state index in [0.29, 0.717) is 12.3 Å². The molecule has 0 aromatic heterocycles. The zero-order valence-electron chi connectivity index (χ0n) is 19.1.